The molecule has 0 radical (unpaired) electrons. The third kappa shape index (κ3) is 3.12. The number of fused-ring (bicyclic) bond motifs is 1. The number of nitrogen functional groups attached to an aromatic ring is 1. The number of hydrogen-bond acceptors (Lipinski definition) is 8. The Labute approximate surface area is 149 Å². The summed E-state index contributed by atoms with van der Waals surface area (Å²) in [6.45, 7) is -0.407. The zero-order chi connectivity index (χ0) is 18.3. The van der Waals surface area contributed by atoms with E-state index in [4.69, 9.17) is 10.5 Å². The molecule has 5 N–H and O–H groups in total. The van der Waals surface area contributed by atoms with Gasteiger partial charge in [0.05, 0.1) is 12.9 Å². The molecule has 0 amide bonds. The quantitative estimate of drug-likeness (QED) is 0.539. The average molecular weight is 359 g/mol. The molecule has 4 atom stereocenters. The van der Waals surface area contributed by atoms with E-state index in [2.05, 4.69) is 26.8 Å². The Balaban J connectivity index is 1.63. The van der Waals surface area contributed by atoms with Crippen molar-refractivity contribution in [3.05, 3.63) is 12.2 Å². The van der Waals surface area contributed by atoms with Crippen LogP contribution in [0.2, 0.25) is 0 Å². The Kier molecular flexibility index (Phi) is 4.50. The normalized spacial score (nSPS) is 28.3. The van der Waals surface area contributed by atoms with E-state index in [0.717, 1.165) is 18.8 Å². The van der Waals surface area contributed by atoms with Gasteiger partial charge in [-0.2, -0.15) is 0 Å². The largest absolute Gasteiger partial charge is 0.394 e. The Morgan fingerprint density at radius 1 is 1.27 bits per heavy atom. The number of ether oxygens (including phenoxy) is 1. The predicted molar refractivity (Wildman–Crippen MR) is 91.6 cm³/mol. The van der Waals surface area contributed by atoms with Crippen LogP contribution in [0.3, 0.4) is 0 Å². The molecule has 0 aromatic carbocycles. The Bertz CT molecular complexity index is 869. The first kappa shape index (κ1) is 17.2. The molecule has 2 fully saturated rings. The number of anilines is 1. The molecular formula is C17H21N5O4. The lowest BCUT2D eigenvalue weighted by molar-refractivity contribution is -0.0511. The molecule has 1 saturated heterocycles. The molecule has 3 heterocycles. The van der Waals surface area contributed by atoms with Crippen molar-refractivity contribution in [1.29, 1.82) is 0 Å². The maximum absolute atomic E-state index is 10.2. The highest BCUT2D eigenvalue weighted by atomic mass is 16.6. The van der Waals surface area contributed by atoms with Crippen molar-refractivity contribution in [3.8, 4) is 11.8 Å². The molecule has 9 nitrogen and oxygen atoms in total. The van der Waals surface area contributed by atoms with Gasteiger partial charge in [-0.15, -0.1) is 0 Å². The second-order valence-corrected chi connectivity index (χ2v) is 6.77. The van der Waals surface area contributed by atoms with Gasteiger partial charge in [0.2, 0.25) is 5.82 Å². The average Bonchev–Trinajstić information content (AvgIpc) is 3.29. The minimum atomic E-state index is -1.23. The van der Waals surface area contributed by atoms with Gasteiger partial charge >= 0.3 is 0 Å². The summed E-state index contributed by atoms with van der Waals surface area (Å²) in [4.78, 5) is 12.7. The van der Waals surface area contributed by atoms with Crippen LogP contribution in [0.15, 0.2) is 6.33 Å². The highest BCUT2D eigenvalue weighted by Gasteiger charge is 2.44. The van der Waals surface area contributed by atoms with Crippen LogP contribution < -0.4 is 5.73 Å². The van der Waals surface area contributed by atoms with Gasteiger partial charge in [0.15, 0.2) is 17.7 Å². The smallest absolute Gasteiger partial charge is 0.208 e. The molecule has 9 heteroatoms. The molecule has 2 aromatic heterocycles. The number of hydrogen-bond donors (Lipinski definition) is 4. The molecule has 2 aliphatic rings. The zero-order valence-electron chi connectivity index (χ0n) is 14.1. The number of aromatic nitrogens is 4. The van der Waals surface area contributed by atoms with Crippen LogP contribution in [-0.2, 0) is 4.74 Å². The molecule has 2 aromatic rings. The fourth-order valence-corrected chi connectivity index (χ4v) is 3.11. The van der Waals surface area contributed by atoms with Crippen molar-refractivity contribution in [1.82, 2.24) is 19.5 Å². The summed E-state index contributed by atoms with van der Waals surface area (Å²) in [5.74, 6) is 7.26. The highest BCUT2D eigenvalue weighted by Crippen LogP contribution is 2.33. The monoisotopic (exact) mass is 359 g/mol. The second kappa shape index (κ2) is 6.81. The Morgan fingerprint density at radius 2 is 2.08 bits per heavy atom. The number of nitrogens with two attached hydrogens (primary N) is 1. The molecular weight excluding hydrogens is 338 g/mol. The number of rotatable bonds is 4. The van der Waals surface area contributed by atoms with Crippen LogP contribution in [0.5, 0.6) is 0 Å². The van der Waals surface area contributed by atoms with Gasteiger partial charge in [-0.3, -0.25) is 4.57 Å². The van der Waals surface area contributed by atoms with Gasteiger partial charge in [-0.1, -0.05) is 18.8 Å². The van der Waals surface area contributed by atoms with Gasteiger partial charge in [-0.25, -0.2) is 15.0 Å². The van der Waals surface area contributed by atoms with E-state index in [1.54, 1.807) is 0 Å². The molecule has 0 spiro atoms. The number of aliphatic hydroxyl groups excluding tert-OH is 3. The lowest BCUT2D eigenvalue weighted by Crippen LogP contribution is -2.33. The van der Waals surface area contributed by atoms with Gasteiger partial charge in [0, 0.05) is 6.42 Å². The van der Waals surface area contributed by atoms with E-state index in [0.29, 0.717) is 11.2 Å². The summed E-state index contributed by atoms with van der Waals surface area (Å²) in [6, 6.07) is 0. The first-order chi connectivity index (χ1) is 12.6. The fraction of sp³-hybridized carbons (Fsp3) is 0.588. The van der Waals surface area contributed by atoms with Crippen LogP contribution in [0.25, 0.3) is 11.2 Å². The van der Waals surface area contributed by atoms with Crippen molar-refractivity contribution < 1.29 is 20.1 Å². The number of aliphatic hydroxyl groups is 3. The highest BCUT2D eigenvalue weighted by molar-refractivity contribution is 5.82. The molecule has 26 heavy (non-hydrogen) atoms. The van der Waals surface area contributed by atoms with Crippen LogP contribution in [0.1, 0.15) is 37.7 Å². The van der Waals surface area contributed by atoms with Gasteiger partial charge in [-0.05, 0) is 18.3 Å². The third-order valence-corrected chi connectivity index (χ3v) is 4.81. The summed E-state index contributed by atoms with van der Waals surface area (Å²) in [5, 5.41) is 29.4. The summed E-state index contributed by atoms with van der Waals surface area (Å²) in [7, 11) is 0. The first-order valence-electron chi connectivity index (χ1n) is 8.70. The minimum Gasteiger partial charge on any atom is -0.394 e. The maximum atomic E-state index is 10.2. The lowest BCUT2D eigenvalue weighted by atomic mass is 10.1. The van der Waals surface area contributed by atoms with Crippen LogP contribution >= 0.6 is 0 Å². The summed E-state index contributed by atoms with van der Waals surface area (Å²) in [6.07, 6.45) is 1.63. The molecule has 138 valence electrons. The van der Waals surface area contributed by atoms with Crippen molar-refractivity contribution in [3.63, 3.8) is 0 Å². The van der Waals surface area contributed by atoms with Gasteiger partial charge in [0.1, 0.15) is 23.8 Å². The topological polar surface area (TPSA) is 140 Å². The molecule has 4 rings (SSSR count). The molecule has 1 aliphatic heterocycles. The van der Waals surface area contributed by atoms with Crippen molar-refractivity contribution in [2.24, 2.45) is 5.92 Å². The minimum absolute atomic E-state index is 0.187. The number of imidazole rings is 1. The maximum Gasteiger partial charge on any atom is 0.208 e. The lowest BCUT2D eigenvalue weighted by Gasteiger charge is -2.16. The van der Waals surface area contributed by atoms with E-state index in [-0.39, 0.29) is 11.6 Å². The standard InChI is InChI=1S/C17H21N5O4/c18-15-12-16(21-11(20-15)4-2-1-3-9-5-6-9)22(8-19-12)17-14(25)13(24)10(7-23)26-17/h8-10,13-14,17,23-25H,1,3,5-7H2,(H2,18,20,21)/t10-,13-,14-,17-/m1/s1. The van der Waals surface area contributed by atoms with Gasteiger partial charge in [0.25, 0.3) is 0 Å². The summed E-state index contributed by atoms with van der Waals surface area (Å²) in [5.41, 5.74) is 6.69. The Hall–Kier alpha value is -2.25. The van der Waals surface area contributed by atoms with Crippen molar-refractivity contribution >= 4 is 17.0 Å². The molecule has 1 saturated carbocycles. The molecule has 0 unspecified atom stereocenters. The fourth-order valence-electron chi connectivity index (χ4n) is 3.11. The van der Waals surface area contributed by atoms with E-state index < -0.39 is 31.1 Å². The zero-order valence-corrected chi connectivity index (χ0v) is 14.1. The van der Waals surface area contributed by atoms with E-state index in [1.807, 2.05) is 0 Å². The number of nitrogens with zero attached hydrogens (tertiary/aromatic N) is 4. The van der Waals surface area contributed by atoms with Gasteiger partial charge < -0.3 is 25.8 Å². The summed E-state index contributed by atoms with van der Waals surface area (Å²) >= 11 is 0. The second-order valence-electron chi connectivity index (χ2n) is 6.77. The van der Waals surface area contributed by atoms with E-state index in [9.17, 15) is 15.3 Å². The van der Waals surface area contributed by atoms with Crippen molar-refractivity contribution in [2.45, 2.75) is 50.2 Å². The van der Waals surface area contributed by atoms with E-state index in [1.165, 1.54) is 23.7 Å². The first-order valence-corrected chi connectivity index (χ1v) is 8.70. The van der Waals surface area contributed by atoms with Crippen LogP contribution in [0.4, 0.5) is 5.82 Å². The SMILES string of the molecule is Nc1nc(C#CCCC2CC2)nc2c1ncn2[C@@H]1O[C@H](CO)[C@@H](O)[C@H]1O. The van der Waals surface area contributed by atoms with E-state index >= 15 is 0 Å². The van der Waals surface area contributed by atoms with Crippen molar-refractivity contribution in [2.75, 3.05) is 12.3 Å². The summed E-state index contributed by atoms with van der Waals surface area (Å²) < 4.78 is 7.01. The third-order valence-electron chi connectivity index (χ3n) is 4.81. The van der Waals surface area contributed by atoms with Crippen LogP contribution in [-0.4, -0.2) is 59.8 Å². The molecule has 1 aliphatic carbocycles. The van der Waals surface area contributed by atoms with Crippen LogP contribution in [0, 0.1) is 17.8 Å². The predicted octanol–water partition coefficient (Wildman–Crippen LogP) is -0.438. The molecule has 0 bridgehead atoms. The Morgan fingerprint density at radius 3 is 2.77 bits per heavy atom.